The standard InChI is InChI=1S/C18H31N5O/c1-2-19-18(22-12-7-16-6-3-4-10-20-16)21-11-5-13-23-14-8-17(24)9-15-23/h3-4,6,10,17,24H,2,5,7-9,11-15H2,1H3,(H2,19,21,22). The second-order valence-electron chi connectivity index (χ2n) is 6.18. The van der Waals surface area contributed by atoms with E-state index in [4.69, 9.17) is 0 Å². The molecule has 0 saturated carbocycles. The number of hydrogen-bond donors (Lipinski definition) is 3. The van der Waals surface area contributed by atoms with Crippen LogP contribution in [0.4, 0.5) is 0 Å². The van der Waals surface area contributed by atoms with Crippen molar-refractivity contribution in [3.05, 3.63) is 30.1 Å². The van der Waals surface area contributed by atoms with Crippen molar-refractivity contribution in [2.75, 3.05) is 39.3 Å². The molecular formula is C18H31N5O. The van der Waals surface area contributed by atoms with Gasteiger partial charge in [0.1, 0.15) is 0 Å². The van der Waals surface area contributed by atoms with Gasteiger partial charge >= 0.3 is 0 Å². The van der Waals surface area contributed by atoms with Gasteiger partial charge in [0.25, 0.3) is 0 Å². The molecule has 3 N–H and O–H groups in total. The summed E-state index contributed by atoms with van der Waals surface area (Å²) in [4.78, 5) is 11.4. The van der Waals surface area contributed by atoms with Gasteiger partial charge in [0.2, 0.25) is 0 Å². The first-order valence-electron chi connectivity index (χ1n) is 9.10. The molecule has 6 nitrogen and oxygen atoms in total. The Labute approximate surface area is 145 Å². The number of aliphatic hydroxyl groups excluding tert-OH is 1. The predicted molar refractivity (Wildman–Crippen MR) is 98.2 cm³/mol. The molecule has 0 aromatic carbocycles. The summed E-state index contributed by atoms with van der Waals surface area (Å²) in [6.45, 7) is 7.66. The van der Waals surface area contributed by atoms with Crippen LogP contribution in [0.2, 0.25) is 0 Å². The van der Waals surface area contributed by atoms with Crippen molar-refractivity contribution in [2.24, 2.45) is 4.99 Å². The molecule has 1 aliphatic heterocycles. The number of pyridine rings is 1. The smallest absolute Gasteiger partial charge is 0.191 e. The van der Waals surface area contributed by atoms with Gasteiger partial charge in [0.05, 0.1) is 6.10 Å². The van der Waals surface area contributed by atoms with E-state index in [1.165, 1.54) is 0 Å². The second kappa shape index (κ2) is 11.0. The maximum Gasteiger partial charge on any atom is 0.191 e. The predicted octanol–water partition coefficient (Wildman–Crippen LogP) is 1.03. The molecule has 24 heavy (non-hydrogen) atoms. The van der Waals surface area contributed by atoms with Crippen molar-refractivity contribution in [2.45, 2.75) is 38.7 Å². The molecule has 0 atom stereocenters. The zero-order valence-corrected chi connectivity index (χ0v) is 14.7. The molecule has 6 heteroatoms. The number of nitrogens with zero attached hydrogens (tertiary/aromatic N) is 3. The van der Waals surface area contributed by atoms with Gasteiger partial charge in [-0.25, -0.2) is 0 Å². The van der Waals surface area contributed by atoms with Gasteiger partial charge in [0.15, 0.2) is 5.96 Å². The zero-order valence-electron chi connectivity index (χ0n) is 14.7. The summed E-state index contributed by atoms with van der Waals surface area (Å²) in [5.74, 6) is 0.877. The minimum atomic E-state index is -0.0945. The van der Waals surface area contributed by atoms with Crippen molar-refractivity contribution in [3.63, 3.8) is 0 Å². The molecule has 1 aromatic rings. The third-order valence-electron chi connectivity index (χ3n) is 4.20. The molecule has 0 unspecified atom stereocenters. The maximum atomic E-state index is 9.53. The molecule has 134 valence electrons. The van der Waals surface area contributed by atoms with E-state index in [1.807, 2.05) is 24.4 Å². The number of aliphatic hydroxyl groups is 1. The van der Waals surface area contributed by atoms with E-state index in [9.17, 15) is 5.11 Å². The number of aliphatic imine (C=N–C) groups is 1. The molecule has 2 rings (SSSR count). The Morgan fingerprint density at radius 1 is 1.33 bits per heavy atom. The fraction of sp³-hybridized carbons (Fsp3) is 0.667. The third kappa shape index (κ3) is 7.27. The number of guanidine groups is 1. The van der Waals surface area contributed by atoms with Gasteiger partial charge in [-0.15, -0.1) is 0 Å². The van der Waals surface area contributed by atoms with E-state index >= 15 is 0 Å². The number of rotatable bonds is 8. The van der Waals surface area contributed by atoms with Crippen LogP contribution in [-0.4, -0.2) is 66.3 Å². The van der Waals surface area contributed by atoms with Crippen LogP contribution < -0.4 is 10.6 Å². The van der Waals surface area contributed by atoms with E-state index in [1.54, 1.807) is 0 Å². The van der Waals surface area contributed by atoms with E-state index in [0.717, 1.165) is 76.6 Å². The van der Waals surface area contributed by atoms with Gasteiger partial charge in [-0.1, -0.05) is 6.07 Å². The van der Waals surface area contributed by atoms with Crippen molar-refractivity contribution in [3.8, 4) is 0 Å². The van der Waals surface area contributed by atoms with Crippen LogP contribution in [0.3, 0.4) is 0 Å². The largest absolute Gasteiger partial charge is 0.393 e. The lowest BCUT2D eigenvalue weighted by Crippen LogP contribution is -2.39. The maximum absolute atomic E-state index is 9.53. The zero-order chi connectivity index (χ0) is 17.0. The van der Waals surface area contributed by atoms with Crippen LogP contribution in [-0.2, 0) is 6.42 Å². The van der Waals surface area contributed by atoms with Crippen LogP contribution in [0, 0.1) is 0 Å². The molecule has 1 saturated heterocycles. The highest BCUT2D eigenvalue weighted by Crippen LogP contribution is 2.09. The fourth-order valence-electron chi connectivity index (χ4n) is 2.82. The number of nitrogens with one attached hydrogen (secondary N) is 2. The first kappa shape index (κ1) is 18.7. The van der Waals surface area contributed by atoms with E-state index in [0.29, 0.717) is 0 Å². The number of likely N-dealkylation sites (tertiary alicyclic amines) is 1. The normalized spacial score (nSPS) is 17.0. The molecule has 1 aromatic heterocycles. The SMILES string of the molecule is CCNC(=NCCCN1CCC(O)CC1)NCCc1ccccn1. The van der Waals surface area contributed by atoms with Gasteiger partial charge in [-0.05, 0) is 44.9 Å². The Bertz CT molecular complexity index is 472. The van der Waals surface area contributed by atoms with Crippen molar-refractivity contribution < 1.29 is 5.11 Å². The number of piperidine rings is 1. The van der Waals surface area contributed by atoms with Crippen LogP contribution in [0.1, 0.15) is 31.9 Å². The molecule has 0 spiro atoms. The Balaban J connectivity index is 1.64. The number of aromatic nitrogens is 1. The van der Waals surface area contributed by atoms with Crippen molar-refractivity contribution in [1.29, 1.82) is 0 Å². The highest BCUT2D eigenvalue weighted by molar-refractivity contribution is 5.79. The molecule has 0 aliphatic carbocycles. The monoisotopic (exact) mass is 333 g/mol. The molecule has 1 aliphatic rings. The minimum Gasteiger partial charge on any atom is -0.393 e. The number of hydrogen-bond acceptors (Lipinski definition) is 4. The van der Waals surface area contributed by atoms with Crippen LogP contribution in [0.5, 0.6) is 0 Å². The van der Waals surface area contributed by atoms with E-state index in [2.05, 4.69) is 32.4 Å². The Hall–Kier alpha value is -1.66. The van der Waals surface area contributed by atoms with Gasteiger partial charge in [-0.2, -0.15) is 0 Å². The fourth-order valence-corrected chi connectivity index (χ4v) is 2.82. The summed E-state index contributed by atoms with van der Waals surface area (Å²) >= 11 is 0. The molecule has 0 radical (unpaired) electrons. The second-order valence-corrected chi connectivity index (χ2v) is 6.18. The van der Waals surface area contributed by atoms with Crippen LogP contribution >= 0.6 is 0 Å². The van der Waals surface area contributed by atoms with Crippen LogP contribution in [0.15, 0.2) is 29.4 Å². The Morgan fingerprint density at radius 3 is 2.88 bits per heavy atom. The molecule has 0 amide bonds. The Kier molecular flexibility index (Phi) is 8.55. The van der Waals surface area contributed by atoms with Gasteiger partial charge < -0.3 is 20.6 Å². The topological polar surface area (TPSA) is 72.8 Å². The van der Waals surface area contributed by atoms with E-state index in [-0.39, 0.29) is 6.10 Å². The Morgan fingerprint density at radius 2 is 2.17 bits per heavy atom. The lowest BCUT2D eigenvalue weighted by molar-refractivity contribution is 0.0824. The van der Waals surface area contributed by atoms with Gasteiger partial charge in [0, 0.05) is 51.0 Å². The summed E-state index contributed by atoms with van der Waals surface area (Å²) in [7, 11) is 0. The summed E-state index contributed by atoms with van der Waals surface area (Å²) < 4.78 is 0. The highest BCUT2D eigenvalue weighted by atomic mass is 16.3. The minimum absolute atomic E-state index is 0.0945. The summed E-state index contributed by atoms with van der Waals surface area (Å²) in [6, 6.07) is 5.99. The summed E-state index contributed by atoms with van der Waals surface area (Å²) in [6.07, 6.45) is 5.48. The molecule has 1 fully saturated rings. The lowest BCUT2D eigenvalue weighted by atomic mass is 10.1. The first-order valence-corrected chi connectivity index (χ1v) is 9.10. The van der Waals surface area contributed by atoms with Crippen molar-refractivity contribution in [1.82, 2.24) is 20.5 Å². The lowest BCUT2D eigenvalue weighted by Gasteiger charge is -2.29. The quantitative estimate of drug-likeness (QED) is 0.376. The molecular weight excluding hydrogens is 302 g/mol. The van der Waals surface area contributed by atoms with Crippen LogP contribution in [0.25, 0.3) is 0 Å². The van der Waals surface area contributed by atoms with Gasteiger partial charge in [-0.3, -0.25) is 9.98 Å². The average Bonchev–Trinajstić information content (AvgIpc) is 2.61. The third-order valence-corrected chi connectivity index (χ3v) is 4.20. The average molecular weight is 333 g/mol. The van der Waals surface area contributed by atoms with Crippen molar-refractivity contribution >= 4 is 5.96 Å². The summed E-state index contributed by atoms with van der Waals surface area (Å²) in [5.41, 5.74) is 1.09. The highest BCUT2D eigenvalue weighted by Gasteiger charge is 2.15. The first-order chi connectivity index (χ1) is 11.8. The summed E-state index contributed by atoms with van der Waals surface area (Å²) in [5, 5.41) is 16.2. The molecule has 2 heterocycles. The molecule has 0 bridgehead atoms. The van der Waals surface area contributed by atoms with E-state index < -0.39 is 0 Å².